The van der Waals surface area contributed by atoms with E-state index in [0.29, 0.717) is 5.75 Å². The molecule has 0 amide bonds. The number of ether oxygens (including phenoxy) is 1. The van der Waals surface area contributed by atoms with Crippen molar-refractivity contribution in [2.24, 2.45) is 5.73 Å². The molecular weight excluding hydrogens is 224 g/mol. The van der Waals surface area contributed by atoms with E-state index in [1.807, 2.05) is 13.0 Å². The topological polar surface area (TPSA) is 73.9 Å². The minimum atomic E-state index is -0.0981. The molecule has 2 rings (SSSR count). The van der Waals surface area contributed by atoms with Crippen LogP contribution in [0.25, 0.3) is 10.6 Å². The Hall–Kier alpha value is -1.53. The van der Waals surface area contributed by atoms with E-state index in [9.17, 15) is 0 Å². The summed E-state index contributed by atoms with van der Waals surface area (Å²) in [6, 6.07) is 1.75. The van der Waals surface area contributed by atoms with Crippen molar-refractivity contribution in [3.8, 4) is 16.3 Å². The normalized spacial score (nSPS) is 12.4. The third-order valence-electron chi connectivity index (χ3n) is 2.06. The fraction of sp³-hybridized carbons (Fsp3) is 0.300. The zero-order valence-corrected chi connectivity index (χ0v) is 9.86. The number of hydrogen-bond acceptors (Lipinski definition) is 6. The molecule has 2 aromatic rings. The average Bonchev–Trinajstić information content (AvgIpc) is 2.78. The van der Waals surface area contributed by atoms with Crippen LogP contribution in [0.4, 0.5) is 0 Å². The van der Waals surface area contributed by atoms with Crippen molar-refractivity contribution in [1.29, 1.82) is 0 Å². The standard InChI is InChI=1S/C10H12N4OS/c1-6(11)9-13-14-10(16-9)7-3-4-12-5-8(7)15-2/h3-6H,11H2,1-2H3. The molecule has 6 heteroatoms. The van der Waals surface area contributed by atoms with E-state index < -0.39 is 0 Å². The fourth-order valence-corrected chi connectivity index (χ4v) is 2.07. The first kappa shape index (κ1) is 11.0. The van der Waals surface area contributed by atoms with Gasteiger partial charge >= 0.3 is 0 Å². The summed E-state index contributed by atoms with van der Waals surface area (Å²) in [5.74, 6) is 0.690. The van der Waals surface area contributed by atoms with E-state index >= 15 is 0 Å². The molecule has 1 atom stereocenters. The largest absolute Gasteiger partial charge is 0.494 e. The number of hydrogen-bond donors (Lipinski definition) is 1. The van der Waals surface area contributed by atoms with Gasteiger partial charge in [-0.25, -0.2) is 0 Å². The third-order valence-corrected chi connectivity index (χ3v) is 3.22. The molecule has 0 radical (unpaired) electrons. The van der Waals surface area contributed by atoms with Gasteiger partial charge in [0.15, 0.2) is 5.01 Å². The smallest absolute Gasteiger partial charge is 0.151 e. The number of rotatable bonds is 3. The second-order valence-electron chi connectivity index (χ2n) is 3.31. The molecular formula is C10H12N4OS. The minimum absolute atomic E-state index is 0.0981. The molecule has 0 spiro atoms. The van der Waals surface area contributed by atoms with Gasteiger partial charge in [-0.15, -0.1) is 10.2 Å². The SMILES string of the molecule is COc1cnccc1-c1nnc(C(C)N)s1. The Bertz CT molecular complexity index is 483. The molecule has 0 saturated carbocycles. The number of aromatic nitrogens is 3. The molecule has 0 aliphatic heterocycles. The monoisotopic (exact) mass is 236 g/mol. The third kappa shape index (κ3) is 2.02. The summed E-state index contributed by atoms with van der Waals surface area (Å²) < 4.78 is 5.21. The van der Waals surface area contributed by atoms with Gasteiger partial charge in [0.2, 0.25) is 0 Å². The maximum atomic E-state index is 5.74. The van der Waals surface area contributed by atoms with Crippen LogP contribution in [0.15, 0.2) is 18.5 Å². The first-order valence-electron chi connectivity index (χ1n) is 4.79. The van der Waals surface area contributed by atoms with Crippen molar-refractivity contribution in [2.75, 3.05) is 7.11 Å². The van der Waals surface area contributed by atoms with Crippen molar-refractivity contribution >= 4 is 11.3 Å². The van der Waals surface area contributed by atoms with Crippen LogP contribution in [0.5, 0.6) is 5.75 Å². The molecule has 2 aromatic heterocycles. The van der Waals surface area contributed by atoms with Crippen LogP contribution in [0.1, 0.15) is 18.0 Å². The lowest BCUT2D eigenvalue weighted by molar-refractivity contribution is 0.414. The number of pyridine rings is 1. The summed E-state index contributed by atoms with van der Waals surface area (Å²) >= 11 is 1.47. The molecule has 2 N–H and O–H groups in total. The molecule has 0 aliphatic rings. The number of nitrogens with zero attached hydrogens (tertiary/aromatic N) is 3. The highest BCUT2D eigenvalue weighted by Crippen LogP contribution is 2.31. The number of nitrogens with two attached hydrogens (primary N) is 1. The van der Waals surface area contributed by atoms with Crippen molar-refractivity contribution in [3.63, 3.8) is 0 Å². The molecule has 0 aliphatic carbocycles. The van der Waals surface area contributed by atoms with E-state index in [-0.39, 0.29) is 6.04 Å². The highest BCUT2D eigenvalue weighted by Gasteiger charge is 2.13. The van der Waals surface area contributed by atoms with Gasteiger partial charge in [0, 0.05) is 6.20 Å². The van der Waals surface area contributed by atoms with Gasteiger partial charge in [0.25, 0.3) is 0 Å². The summed E-state index contributed by atoms with van der Waals surface area (Å²) in [6.07, 6.45) is 3.35. The lowest BCUT2D eigenvalue weighted by Crippen LogP contribution is -2.03. The Morgan fingerprint density at radius 2 is 2.25 bits per heavy atom. The first-order valence-corrected chi connectivity index (χ1v) is 5.61. The van der Waals surface area contributed by atoms with Crippen LogP contribution in [-0.4, -0.2) is 22.3 Å². The second-order valence-corrected chi connectivity index (χ2v) is 4.32. The van der Waals surface area contributed by atoms with Crippen molar-refractivity contribution in [3.05, 3.63) is 23.5 Å². The highest BCUT2D eigenvalue weighted by atomic mass is 32.1. The van der Waals surface area contributed by atoms with Crippen molar-refractivity contribution in [1.82, 2.24) is 15.2 Å². The fourth-order valence-electron chi connectivity index (χ4n) is 1.25. The van der Waals surface area contributed by atoms with Gasteiger partial charge in [0.05, 0.1) is 24.9 Å². The van der Waals surface area contributed by atoms with Gasteiger partial charge < -0.3 is 10.5 Å². The molecule has 5 nitrogen and oxygen atoms in total. The average molecular weight is 236 g/mol. The van der Waals surface area contributed by atoms with Gasteiger partial charge in [0.1, 0.15) is 10.8 Å². The van der Waals surface area contributed by atoms with E-state index in [1.54, 1.807) is 19.5 Å². The van der Waals surface area contributed by atoms with Crippen LogP contribution >= 0.6 is 11.3 Å². The molecule has 1 unspecified atom stereocenters. The van der Waals surface area contributed by atoms with Crippen LogP contribution in [0.2, 0.25) is 0 Å². The maximum absolute atomic E-state index is 5.74. The van der Waals surface area contributed by atoms with Gasteiger partial charge in [-0.1, -0.05) is 11.3 Å². The van der Waals surface area contributed by atoms with E-state index in [0.717, 1.165) is 15.6 Å². The molecule has 0 fully saturated rings. The Balaban J connectivity index is 2.42. The van der Waals surface area contributed by atoms with E-state index in [1.165, 1.54) is 11.3 Å². The van der Waals surface area contributed by atoms with Crippen LogP contribution in [-0.2, 0) is 0 Å². The molecule has 2 heterocycles. The van der Waals surface area contributed by atoms with Crippen molar-refractivity contribution < 1.29 is 4.74 Å². The quantitative estimate of drug-likeness (QED) is 0.876. The van der Waals surface area contributed by atoms with Gasteiger partial charge in [-0.05, 0) is 13.0 Å². The Labute approximate surface area is 97.3 Å². The van der Waals surface area contributed by atoms with Crippen LogP contribution in [0, 0.1) is 0 Å². The highest BCUT2D eigenvalue weighted by molar-refractivity contribution is 7.14. The summed E-state index contributed by atoms with van der Waals surface area (Å²) in [5, 5.41) is 9.74. The second kappa shape index (κ2) is 4.54. The molecule has 84 valence electrons. The Morgan fingerprint density at radius 3 is 2.88 bits per heavy atom. The van der Waals surface area contributed by atoms with E-state index in [4.69, 9.17) is 10.5 Å². The lowest BCUT2D eigenvalue weighted by Gasteiger charge is -2.03. The van der Waals surface area contributed by atoms with Gasteiger partial charge in [-0.2, -0.15) is 0 Å². The Morgan fingerprint density at radius 1 is 1.44 bits per heavy atom. The summed E-state index contributed by atoms with van der Waals surface area (Å²) in [7, 11) is 1.61. The molecule has 16 heavy (non-hydrogen) atoms. The lowest BCUT2D eigenvalue weighted by atomic mass is 10.2. The first-order chi connectivity index (χ1) is 7.72. The predicted octanol–water partition coefficient (Wildman–Crippen LogP) is 1.63. The Kier molecular flexibility index (Phi) is 3.12. The number of methoxy groups -OCH3 is 1. The predicted molar refractivity (Wildman–Crippen MR) is 62.3 cm³/mol. The van der Waals surface area contributed by atoms with Crippen LogP contribution in [0.3, 0.4) is 0 Å². The minimum Gasteiger partial charge on any atom is -0.494 e. The van der Waals surface area contributed by atoms with Crippen LogP contribution < -0.4 is 10.5 Å². The molecule has 0 bridgehead atoms. The maximum Gasteiger partial charge on any atom is 0.151 e. The summed E-state index contributed by atoms with van der Waals surface area (Å²) in [5.41, 5.74) is 6.63. The molecule has 0 aromatic carbocycles. The zero-order valence-electron chi connectivity index (χ0n) is 9.04. The summed E-state index contributed by atoms with van der Waals surface area (Å²) in [4.78, 5) is 3.99. The summed E-state index contributed by atoms with van der Waals surface area (Å²) in [6.45, 7) is 1.88. The van der Waals surface area contributed by atoms with Crippen molar-refractivity contribution in [2.45, 2.75) is 13.0 Å². The van der Waals surface area contributed by atoms with E-state index in [2.05, 4.69) is 15.2 Å². The zero-order chi connectivity index (χ0) is 11.5. The molecule has 0 saturated heterocycles. The van der Waals surface area contributed by atoms with Gasteiger partial charge in [-0.3, -0.25) is 4.98 Å².